The van der Waals surface area contributed by atoms with Crippen molar-refractivity contribution in [2.24, 2.45) is 5.92 Å². The van der Waals surface area contributed by atoms with Crippen molar-refractivity contribution in [1.82, 2.24) is 0 Å². The lowest BCUT2D eigenvalue weighted by Crippen LogP contribution is -2.27. The molecule has 0 amide bonds. The third-order valence-corrected chi connectivity index (χ3v) is 5.42. The Bertz CT molecular complexity index is 617. The van der Waals surface area contributed by atoms with Gasteiger partial charge in [0.2, 0.25) is 0 Å². The largest absolute Gasteiger partial charge is 0.534 e. The Hall–Kier alpha value is -1.10. The van der Waals surface area contributed by atoms with Gasteiger partial charge in [-0.2, -0.15) is 21.6 Å². The van der Waals surface area contributed by atoms with Gasteiger partial charge in [0.1, 0.15) is 5.76 Å². The molecule has 1 saturated heterocycles. The van der Waals surface area contributed by atoms with E-state index in [1.807, 2.05) is 0 Å². The molecule has 6 nitrogen and oxygen atoms in total. The number of halogens is 3. The summed E-state index contributed by atoms with van der Waals surface area (Å²) >= 11 is 0. The zero-order valence-electron chi connectivity index (χ0n) is 15.2. The maximum absolute atomic E-state index is 12.3. The zero-order chi connectivity index (χ0) is 20.8. The molecule has 3 unspecified atom stereocenters. The van der Waals surface area contributed by atoms with Gasteiger partial charge in [0.05, 0.1) is 18.3 Å². The number of rotatable bonds is 11. The van der Waals surface area contributed by atoms with Crippen molar-refractivity contribution in [3.8, 4) is 0 Å². The van der Waals surface area contributed by atoms with E-state index in [4.69, 9.17) is 9.84 Å². The van der Waals surface area contributed by atoms with Gasteiger partial charge < -0.3 is 19.1 Å². The Labute approximate surface area is 157 Å². The Morgan fingerprint density at radius 3 is 2.59 bits per heavy atom. The minimum Gasteiger partial charge on any atom is -0.396 e. The molecule has 0 aromatic rings. The third kappa shape index (κ3) is 7.44. The van der Waals surface area contributed by atoms with Crippen molar-refractivity contribution in [3.05, 3.63) is 24.5 Å². The summed E-state index contributed by atoms with van der Waals surface area (Å²) < 4.78 is 68.7. The van der Waals surface area contributed by atoms with Gasteiger partial charge in [-0.15, -0.1) is 0 Å². The van der Waals surface area contributed by atoms with Crippen molar-refractivity contribution in [2.75, 3.05) is 6.61 Å². The van der Waals surface area contributed by atoms with Crippen LogP contribution in [0, 0.1) is 5.92 Å². The Balaban J connectivity index is 2.42. The van der Waals surface area contributed by atoms with Crippen molar-refractivity contribution >= 4 is 10.1 Å². The first kappa shape index (κ1) is 23.9. The molecule has 0 bridgehead atoms. The van der Waals surface area contributed by atoms with E-state index in [1.165, 1.54) is 6.92 Å². The normalized spacial score (nSPS) is 23.3. The monoisotopic (exact) mass is 416 g/mol. The molecule has 0 aromatic heterocycles. The highest BCUT2D eigenvalue weighted by Crippen LogP contribution is 2.32. The van der Waals surface area contributed by atoms with Crippen LogP contribution in [0.25, 0.3) is 0 Å². The molecule has 0 saturated carbocycles. The second-order valence-corrected chi connectivity index (χ2v) is 8.33. The molecular weight excluding hydrogens is 389 g/mol. The lowest BCUT2D eigenvalue weighted by molar-refractivity contribution is -0.0527. The molecule has 4 atom stereocenters. The molecule has 0 spiro atoms. The quantitative estimate of drug-likeness (QED) is 0.233. The van der Waals surface area contributed by atoms with E-state index in [0.717, 1.165) is 12.0 Å². The van der Waals surface area contributed by atoms with Gasteiger partial charge in [0.15, 0.2) is 0 Å². The van der Waals surface area contributed by atoms with E-state index in [2.05, 4.69) is 17.3 Å². The number of aliphatic hydroxyl groups is 2. The number of allylic oxidation sites excluding steroid dienone is 1. The summed E-state index contributed by atoms with van der Waals surface area (Å²) in [5.74, 6) is -1.36. The highest BCUT2D eigenvalue weighted by Gasteiger charge is 2.49. The van der Waals surface area contributed by atoms with Crippen LogP contribution < -0.4 is 0 Å². The molecule has 27 heavy (non-hydrogen) atoms. The Morgan fingerprint density at radius 2 is 2.04 bits per heavy atom. The second-order valence-electron chi connectivity index (χ2n) is 6.79. The fourth-order valence-corrected chi connectivity index (χ4v) is 3.37. The van der Waals surface area contributed by atoms with Gasteiger partial charge in [0, 0.05) is 12.5 Å². The van der Waals surface area contributed by atoms with Crippen LogP contribution in [0.1, 0.15) is 45.4 Å². The maximum Gasteiger partial charge on any atom is 0.534 e. The van der Waals surface area contributed by atoms with Gasteiger partial charge in [-0.25, -0.2) is 0 Å². The summed E-state index contributed by atoms with van der Waals surface area (Å²) in [6.45, 7) is 8.68. The summed E-state index contributed by atoms with van der Waals surface area (Å²) in [6, 6.07) is 0. The van der Waals surface area contributed by atoms with Crippen LogP contribution in [0.2, 0.25) is 0 Å². The maximum atomic E-state index is 12.3. The van der Waals surface area contributed by atoms with Gasteiger partial charge in [-0.05, 0) is 44.1 Å². The zero-order valence-corrected chi connectivity index (χ0v) is 16.1. The molecule has 0 radical (unpaired) electrons. The van der Waals surface area contributed by atoms with Gasteiger partial charge in [0.25, 0.3) is 0 Å². The molecule has 1 aliphatic rings. The van der Waals surface area contributed by atoms with Gasteiger partial charge >= 0.3 is 15.6 Å². The van der Waals surface area contributed by atoms with Crippen molar-refractivity contribution < 1.29 is 40.7 Å². The molecule has 0 aliphatic carbocycles. The number of alkyl halides is 3. The van der Waals surface area contributed by atoms with Crippen LogP contribution in [-0.4, -0.2) is 49.1 Å². The van der Waals surface area contributed by atoms with Crippen molar-refractivity contribution in [1.29, 1.82) is 0 Å². The van der Waals surface area contributed by atoms with Crippen LogP contribution in [-0.2, 0) is 19.0 Å². The number of hydrogen-bond acceptors (Lipinski definition) is 6. The first-order valence-corrected chi connectivity index (χ1v) is 10.1. The molecule has 158 valence electrons. The lowest BCUT2D eigenvalue weighted by atomic mass is 9.96. The molecule has 0 aromatic carbocycles. The van der Waals surface area contributed by atoms with Gasteiger partial charge in [-0.1, -0.05) is 20.1 Å². The van der Waals surface area contributed by atoms with Crippen LogP contribution in [0.5, 0.6) is 0 Å². The fourth-order valence-electron chi connectivity index (χ4n) is 2.83. The van der Waals surface area contributed by atoms with Crippen LogP contribution in [0.3, 0.4) is 0 Å². The number of hydrogen-bond donors (Lipinski definition) is 2. The summed E-state index contributed by atoms with van der Waals surface area (Å²) in [4.78, 5) is 0. The average molecular weight is 416 g/mol. The van der Waals surface area contributed by atoms with Crippen molar-refractivity contribution in [3.63, 3.8) is 0 Å². The first-order valence-electron chi connectivity index (χ1n) is 8.69. The smallest absolute Gasteiger partial charge is 0.396 e. The molecule has 1 heterocycles. The molecule has 1 rings (SSSR count). The predicted molar refractivity (Wildman–Crippen MR) is 93.0 cm³/mol. The predicted octanol–water partition coefficient (Wildman–Crippen LogP) is 3.02. The average Bonchev–Trinajstić information content (AvgIpc) is 2.89. The second kappa shape index (κ2) is 9.90. The summed E-state index contributed by atoms with van der Waals surface area (Å²) in [6.07, 6.45) is 1.72. The van der Waals surface area contributed by atoms with E-state index in [-0.39, 0.29) is 25.2 Å². The highest BCUT2D eigenvalue weighted by atomic mass is 32.2. The lowest BCUT2D eigenvalue weighted by Gasteiger charge is -2.20. The molecule has 1 fully saturated rings. The molecular formula is C17H27F3O6S. The third-order valence-electron chi connectivity index (χ3n) is 4.42. The summed E-state index contributed by atoms with van der Waals surface area (Å²) in [5.41, 5.74) is -4.62. The van der Waals surface area contributed by atoms with Crippen LogP contribution in [0.4, 0.5) is 13.2 Å². The number of ether oxygens (including phenoxy) is 1. The van der Waals surface area contributed by atoms with Crippen LogP contribution in [0.15, 0.2) is 24.5 Å². The van der Waals surface area contributed by atoms with E-state index >= 15 is 0 Å². The van der Waals surface area contributed by atoms with E-state index in [1.54, 1.807) is 0 Å². The minimum absolute atomic E-state index is 0.000647. The van der Waals surface area contributed by atoms with Crippen LogP contribution >= 0.6 is 0 Å². The Kier molecular flexibility index (Phi) is 8.78. The Morgan fingerprint density at radius 1 is 1.41 bits per heavy atom. The van der Waals surface area contributed by atoms with E-state index in [0.29, 0.717) is 25.7 Å². The number of aliphatic hydroxyl groups excluding tert-OH is 2. The molecule has 1 aliphatic heterocycles. The van der Waals surface area contributed by atoms with Gasteiger partial charge in [-0.3, -0.25) is 0 Å². The SMILES string of the molecule is C=C(OS(=O)(=O)C(F)(F)F)C(C)C[C@H](O)CCC1OC(CCCO)CC1=C. The summed E-state index contributed by atoms with van der Waals surface area (Å²) in [5, 5.41) is 18.9. The fraction of sp³-hybridized carbons (Fsp3) is 0.765. The van der Waals surface area contributed by atoms with E-state index < -0.39 is 33.4 Å². The first-order chi connectivity index (χ1) is 12.4. The van der Waals surface area contributed by atoms with Crippen molar-refractivity contribution in [2.45, 2.75) is 69.3 Å². The summed E-state index contributed by atoms with van der Waals surface area (Å²) in [7, 11) is -5.75. The molecule has 2 N–H and O–H groups in total. The highest BCUT2D eigenvalue weighted by molar-refractivity contribution is 7.87. The standard InChI is InChI=1S/C17H27F3O6S/c1-11(13(3)26-27(23,24)17(18,19)20)9-14(22)6-7-16-12(2)10-15(25-16)5-4-8-21/h11,14-16,21-22H,2-10H2,1H3/t11?,14-,15?,16?/m1/s1. The van der Waals surface area contributed by atoms with E-state index in [9.17, 15) is 26.7 Å². The molecule has 10 heteroatoms. The topological polar surface area (TPSA) is 93.1 Å². The minimum atomic E-state index is -5.75.